The largest absolute Gasteiger partial charge is 0.417 e. The Morgan fingerprint density at radius 3 is 2.56 bits per heavy atom. The summed E-state index contributed by atoms with van der Waals surface area (Å²) < 4.78 is 43.4. The fourth-order valence-corrected chi connectivity index (χ4v) is 5.51. The minimum Gasteiger partial charge on any atom is -0.392 e. The van der Waals surface area contributed by atoms with Crippen LogP contribution in [-0.4, -0.2) is 58.9 Å². The van der Waals surface area contributed by atoms with Crippen LogP contribution in [0.15, 0.2) is 51.9 Å². The Morgan fingerprint density at radius 1 is 1.21 bits per heavy atom. The molecule has 4 aromatic rings. The summed E-state index contributed by atoms with van der Waals surface area (Å²) in [4.78, 5) is 38.2. The molecule has 0 spiro atoms. The number of hydrogen-bond acceptors (Lipinski definition) is 7. The van der Waals surface area contributed by atoms with Gasteiger partial charge < -0.3 is 15.3 Å². The number of aryl methyl sites for hydroxylation is 2. The van der Waals surface area contributed by atoms with E-state index in [2.05, 4.69) is 31.3 Å². The predicted molar refractivity (Wildman–Crippen MR) is 157 cm³/mol. The van der Waals surface area contributed by atoms with Crippen molar-refractivity contribution in [1.82, 2.24) is 29.2 Å². The first-order valence-electron chi connectivity index (χ1n) is 13.5. The SMILES string of the molecule is Cc1cc(C)n(-c2nc3c(c(=O)n2-c2ccc(NCC(C)O)nc2)CC(C)N(C(=O)c2ccc(Br)c(C(F)(F)F)c2)C3)n1. The molecular formula is C29H29BrF3N7O3. The van der Waals surface area contributed by atoms with Gasteiger partial charge in [-0.3, -0.25) is 9.59 Å². The van der Waals surface area contributed by atoms with Crippen LogP contribution in [0.3, 0.4) is 0 Å². The maximum Gasteiger partial charge on any atom is 0.417 e. The standard InChI is InChI=1S/C29H29BrF3N7O3/c1-15-9-17(3)40(37-15)28-36-24-14-38(26(42)19-5-7-23(30)22(11-19)29(31,32)33)16(2)10-21(24)27(43)39(28)20-6-8-25(35-13-20)34-12-18(4)41/h5-9,11,13,16,18,41H,10,12,14H2,1-4H3,(H,34,35). The quantitative estimate of drug-likeness (QED) is 0.311. The number of carbonyl (C=O) groups excluding carboxylic acids is 1. The van der Waals surface area contributed by atoms with Crippen LogP contribution in [0.1, 0.15) is 52.4 Å². The summed E-state index contributed by atoms with van der Waals surface area (Å²) in [6, 6.07) is 8.10. The van der Waals surface area contributed by atoms with Gasteiger partial charge in [0.2, 0.25) is 5.95 Å². The minimum atomic E-state index is -4.64. The number of carbonyl (C=O) groups is 1. The van der Waals surface area contributed by atoms with Crippen LogP contribution in [-0.2, 0) is 19.1 Å². The number of nitrogens with one attached hydrogen (secondary N) is 1. The Labute approximate surface area is 253 Å². The molecule has 1 aromatic carbocycles. The highest BCUT2D eigenvalue weighted by Crippen LogP contribution is 2.36. The third-order valence-corrected chi connectivity index (χ3v) is 7.85. The number of amides is 1. The summed E-state index contributed by atoms with van der Waals surface area (Å²) in [6.45, 7) is 7.25. The number of aliphatic hydroxyl groups is 1. The first-order chi connectivity index (χ1) is 20.2. The topological polar surface area (TPSA) is 118 Å². The number of fused-ring (bicyclic) bond motifs is 1. The van der Waals surface area contributed by atoms with E-state index in [1.54, 1.807) is 26.0 Å². The number of pyridine rings is 1. The molecule has 14 heteroatoms. The summed E-state index contributed by atoms with van der Waals surface area (Å²) in [5, 5.41) is 17.1. The number of anilines is 1. The van der Waals surface area contributed by atoms with E-state index in [1.165, 1.54) is 32.5 Å². The lowest BCUT2D eigenvalue weighted by molar-refractivity contribution is -0.138. The third-order valence-electron chi connectivity index (χ3n) is 7.16. The van der Waals surface area contributed by atoms with Crippen molar-refractivity contribution in [2.75, 3.05) is 11.9 Å². The smallest absolute Gasteiger partial charge is 0.392 e. The lowest BCUT2D eigenvalue weighted by Crippen LogP contribution is -2.46. The number of nitrogens with zero attached hydrogens (tertiary/aromatic N) is 6. The Balaban J connectivity index is 1.58. The number of rotatable bonds is 6. The molecule has 3 aromatic heterocycles. The van der Waals surface area contributed by atoms with Crippen LogP contribution >= 0.6 is 15.9 Å². The number of benzene rings is 1. The van der Waals surface area contributed by atoms with Gasteiger partial charge in [-0.15, -0.1) is 0 Å². The molecule has 0 bridgehead atoms. The summed E-state index contributed by atoms with van der Waals surface area (Å²) >= 11 is 2.92. The average molecular weight is 660 g/mol. The van der Waals surface area contributed by atoms with Gasteiger partial charge >= 0.3 is 6.18 Å². The van der Waals surface area contributed by atoms with E-state index in [0.29, 0.717) is 40.7 Å². The number of alkyl halides is 3. The number of aromatic nitrogens is 5. The molecule has 10 nitrogen and oxygen atoms in total. The Bertz CT molecular complexity index is 1750. The van der Waals surface area contributed by atoms with Crippen LogP contribution in [0.5, 0.6) is 0 Å². The molecule has 1 aliphatic heterocycles. The van der Waals surface area contributed by atoms with Crippen LogP contribution < -0.4 is 10.9 Å². The fourth-order valence-electron chi connectivity index (χ4n) is 5.04. The summed E-state index contributed by atoms with van der Waals surface area (Å²) in [6.07, 6.45) is -3.55. The van der Waals surface area contributed by atoms with E-state index < -0.39 is 29.8 Å². The van der Waals surface area contributed by atoms with Crippen molar-refractivity contribution in [3.8, 4) is 11.6 Å². The number of aliphatic hydroxyl groups excluding tert-OH is 1. The molecule has 0 aliphatic carbocycles. The van der Waals surface area contributed by atoms with E-state index in [4.69, 9.17) is 4.98 Å². The predicted octanol–water partition coefficient (Wildman–Crippen LogP) is 4.59. The molecule has 0 saturated carbocycles. The summed E-state index contributed by atoms with van der Waals surface area (Å²) in [5.41, 5.74) is 1.16. The van der Waals surface area contributed by atoms with E-state index in [9.17, 15) is 27.9 Å². The van der Waals surface area contributed by atoms with Gasteiger partial charge in [-0.2, -0.15) is 18.3 Å². The molecule has 0 saturated heterocycles. The first kappa shape index (κ1) is 30.4. The molecule has 43 heavy (non-hydrogen) atoms. The van der Waals surface area contributed by atoms with Gasteiger partial charge in [-0.1, -0.05) is 15.9 Å². The Morgan fingerprint density at radius 2 is 1.95 bits per heavy atom. The van der Waals surface area contributed by atoms with Crippen molar-refractivity contribution < 1.29 is 23.1 Å². The normalized spacial score (nSPS) is 15.7. The van der Waals surface area contributed by atoms with Crippen molar-refractivity contribution in [2.45, 2.75) is 59.0 Å². The maximum atomic E-state index is 14.1. The van der Waals surface area contributed by atoms with Gasteiger partial charge in [0.05, 0.1) is 41.5 Å². The van der Waals surface area contributed by atoms with Gasteiger partial charge in [0.1, 0.15) is 5.82 Å². The molecule has 0 radical (unpaired) electrons. The van der Waals surface area contributed by atoms with Crippen molar-refractivity contribution in [3.63, 3.8) is 0 Å². The zero-order valence-corrected chi connectivity index (χ0v) is 25.4. The van der Waals surface area contributed by atoms with Crippen molar-refractivity contribution >= 4 is 27.7 Å². The lowest BCUT2D eigenvalue weighted by Gasteiger charge is -2.34. The highest BCUT2D eigenvalue weighted by molar-refractivity contribution is 9.10. The molecular weight excluding hydrogens is 631 g/mol. The Hall–Kier alpha value is -4.04. The fraction of sp³-hybridized carbons (Fsp3) is 0.345. The van der Waals surface area contributed by atoms with Gasteiger partial charge in [0.15, 0.2) is 0 Å². The van der Waals surface area contributed by atoms with Crippen molar-refractivity contribution in [3.05, 3.63) is 91.2 Å². The number of hydrogen-bond donors (Lipinski definition) is 2. The zero-order valence-electron chi connectivity index (χ0n) is 23.8. The molecule has 1 aliphatic rings. The van der Waals surface area contributed by atoms with Crippen LogP contribution in [0, 0.1) is 13.8 Å². The lowest BCUT2D eigenvalue weighted by atomic mass is 9.98. The second-order valence-electron chi connectivity index (χ2n) is 10.6. The molecule has 1 amide bonds. The molecule has 2 atom stereocenters. The molecule has 4 heterocycles. The molecule has 226 valence electrons. The first-order valence-corrected chi connectivity index (χ1v) is 14.3. The summed E-state index contributed by atoms with van der Waals surface area (Å²) in [5.74, 6) is 0.103. The van der Waals surface area contributed by atoms with E-state index in [0.717, 1.165) is 6.07 Å². The monoisotopic (exact) mass is 659 g/mol. The van der Waals surface area contributed by atoms with E-state index in [-0.39, 0.29) is 34.5 Å². The molecule has 5 rings (SSSR count). The average Bonchev–Trinajstić information content (AvgIpc) is 3.28. The van der Waals surface area contributed by atoms with Crippen LogP contribution in [0.4, 0.5) is 19.0 Å². The van der Waals surface area contributed by atoms with E-state index >= 15 is 0 Å². The maximum absolute atomic E-state index is 14.1. The second-order valence-corrected chi connectivity index (χ2v) is 11.5. The Kier molecular flexibility index (Phi) is 8.18. The molecule has 0 fully saturated rings. The molecule has 2 N–H and O–H groups in total. The molecule has 2 unspecified atom stereocenters. The number of halogens is 4. The minimum absolute atomic E-state index is 0.0738. The van der Waals surface area contributed by atoms with Gasteiger partial charge in [-0.05, 0) is 70.5 Å². The van der Waals surface area contributed by atoms with Crippen LogP contribution in [0.2, 0.25) is 0 Å². The highest BCUT2D eigenvalue weighted by Gasteiger charge is 2.36. The van der Waals surface area contributed by atoms with Crippen molar-refractivity contribution in [2.24, 2.45) is 0 Å². The third kappa shape index (κ3) is 6.07. The van der Waals surface area contributed by atoms with Gasteiger partial charge in [0, 0.05) is 33.9 Å². The van der Waals surface area contributed by atoms with Gasteiger partial charge in [0.25, 0.3) is 11.5 Å². The van der Waals surface area contributed by atoms with Crippen LogP contribution in [0.25, 0.3) is 11.6 Å². The highest BCUT2D eigenvalue weighted by atomic mass is 79.9. The van der Waals surface area contributed by atoms with E-state index in [1.807, 2.05) is 19.9 Å². The zero-order chi connectivity index (χ0) is 31.2. The summed E-state index contributed by atoms with van der Waals surface area (Å²) in [7, 11) is 0. The second kappa shape index (κ2) is 11.6. The van der Waals surface area contributed by atoms with Crippen molar-refractivity contribution in [1.29, 1.82) is 0 Å². The van der Waals surface area contributed by atoms with Gasteiger partial charge in [-0.25, -0.2) is 19.2 Å².